The Bertz CT molecular complexity index is 730. The highest BCUT2D eigenvalue weighted by molar-refractivity contribution is 5.76. The Hall–Kier alpha value is -2.60. The van der Waals surface area contributed by atoms with Crippen LogP contribution >= 0.6 is 0 Å². The number of nitrogens with zero attached hydrogens (tertiary/aromatic N) is 4. The molecule has 1 aromatic carbocycles. The van der Waals surface area contributed by atoms with Gasteiger partial charge in [-0.3, -0.25) is 4.79 Å². The van der Waals surface area contributed by atoms with Gasteiger partial charge in [-0.1, -0.05) is 24.3 Å². The van der Waals surface area contributed by atoms with Gasteiger partial charge in [0.15, 0.2) is 0 Å². The number of benzene rings is 1. The van der Waals surface area contributed by atoms with Crippen molar-refractivity contribution in [1.29, 1.82) is 0 Å². The first-order valence-corrected chi connectivity index (χ1v) is 9.41. The Morgan fingerprint density at radius 2 is 1.85 bits per heavy atom. The summed E-state index contributed by atoms with van der Waals surface area (Å²) in [5.41, 5.74) is 1.14. The molecule has 144 valence electrons. The van der Waals surface area contributed by atoms with Crippen LogP contribution in [0.3, 0.4) is 0 Å². The van der Waals surface area contributed by atoms with E-state index in [-0.39, 0.29) is 5.91 Å². The van der Waals surface area contributed by atoms with Crippen LogP contribution in [0, 0.1) is 0 Å². The molecule has 0 unspecified atom stereocenters. The van der Waals surface area contributed by atoms with Crippen LogP contribution in [-0.2, 0) is 11.3 Å². The summed E-state index contributed by atoms with van der Waals surface area (Å²) in [6.07, 6.45) is 2.35. The molecule has 0 atom stereocenters. The third-order valence-corrected chi connectivity index (χ3v) is 4.95. The lowest BCUT2D eigenvalue weighted by molar-refractivity contribution is -0.131. The van der Waals surface area contributed by atoms with Crippen molar-refractivity contribution in [3.05, 3.63) is 54.2 Å². The van der Waals surface area contributed by atoms with E-state index >= 15 is 0 Å². The first-order valence-electron chi connectivity index (χ1n) is 9.41. The summed E-state index contributed by atoms with van der Waals surface area (Å²) in [6, 6.07) is 13.9. The van der Waals surface area contributed by atoms with E-state index in [0.717, 1.165) is 56.4 Å². The van der Waals surface area contributed by atoms with Crippen LogP contribution in [0.2, 0.25) is 0 Å². The molecule has 6 heteroatoms. The fourth-order valence-electron chi connectivity index (χ4n) is 3.37. The monoisotopic (exact) mass is 368 g/mol. The minimum Gasteiger partial charge on any atom is -0.496 e. The minimum absolute atomic E-state index is 0.225. The van der Waals surface area contributed by atoms with E-state index in [1.54, 1.807) is 7.11 Å². The molecule has 6 nitrogen and oxygen atoms in total. The van der Waals surface area contributed by atoms with Crippen molar-refractivity contribution < 1.29 is 9.53 Å². The first-order chi connectivity index (χ1) is 13.2. The van der Waals surface area contributed by atoms with Gasteiger partial charge < -0.3 is 19.4 Å². The van der Waals surface area contributed by atoms with Gasteiger partial charge in [0.2, 0.25) is 5.91 Å². The summed E-state index contributed by atoms with van der Waals surface area (Å²) in [7, 11) is 3.73. The van der Waals surface area contributed by atoms with Crippen LogP contribution in [0.5, 0.6) is 5.75 Å². The van der Waals surface area contributed by atoms with Gasteiger partial charge in [-0.15, -0.1) is 0 Å². The van der Waals surface area contributed by atoms with E-state index in [9.17, 15) is 4.79 Å². The number of rotatable bonds is 7. The highest BCUT2D eigenvalue weighted by Crippen LogP contribution is 2.19. The molecule has 27 heavy (non-hydrogen) atoms. The van der Waals surface area contributed by atoms with Gasteiger partial charge in [-0.25, -0.2) is 4.98 Å². The average Bonchev–Trinajstić information content (AvgIpc) is 2.73. The van der Waals surface area contributed by atoms with Crippen molar-refractivity contribution in [3.8, 4) is 5.75 Å². The van der Waals surface area contributed by atoms with Crippen molar-refractivity contribution in [2.45, 2.75) is 13.0 Å². The summed E-state index contributed by atoms with van der Waals surface area (Å²) in [6.45, 7) is 4.68. The van der Waals surface area contributed by atoms with Gasteiger partial charge in [0.05, 0.1) is 7.11 Å². The van der Waals surface area contributed by atoms with Gasteiger partial charge in [-0.05, 0) is 25.2 Å². The molecular weight excluding hydrogens is 340 g/mol. The summed E-state index contributed by atoms with van der Waals surface area (Å²) in [5, 5.41) is 0. The lowest BCUT2D eigenvalue weighted by atomic mass is 10.2. The van der Waals surface area contributed by atoms with Gasteiger partial charge >= 0.3 is 0 Å². The molecule has 0 bridgehead atoms. The first kappa shape index (κ1) is 19.2. The van der Waals surface area contributed by atoms with E-state index < -0.39 is 0 Å². The number of methoxy groups -OCH3 is 1. The van der Waals surface area contributed by atoms with Crippen molar-refractivity contribution >= 4 is 11.7 Å². The summed E-state index contributed by atoms with van der Waals surface area (Å²) >= 11 is 0. The molecule has 0 spiro atoms. The normalized spacial score (nSPS) is 14.5. The Balaban J connectivity index is 1.43. The fraction of sp³-hybridized carbons (Fsp3) is 0.429. The predicted molar refractivity (Wildman–Crippen MR) is 107 cm³/mol. The van der Waals surface area contributed by atoms with E-state index in [2.05, 4.69) is 20.9 Å². The maximum Gasteiger partial charge on any atom is 0.223 e. The number of para-hydroxylation sites is 1. The number of carbonyl (C=O) groups is 1. The topological polar surface area (TPSA) is 48.9 Å². The van der Waals surface area contributed by atoms with E-state index in [0.29, 0.717) is 6.42 Å². The van der Waals surface area contributed by atoms with Crippen molar-refractivity contribution in [2.75, 3.05) is 51.8 Å². The molecular formula is C21H28N4O2. The second kappa shape index (κ2) is 9.37. The molecule has 2 heterocycles. The average molecular weight is 368 g/mol. The number of anilines is 1. The molecule has 3 rings (SSSR count). The molecule has 2 aromatic rings. The SMILES string of the molecule is COc1ccccc1CN(C)CCC(=O)N1CCN(c2ccccn2)CC1. The smallest absolute Gasteiger partial charge is 0.223 e. The van der Waals surface area contributed by atoms with Crippen LogP contribution in [0.15, 0.2) is 48.7 Å². The van der Waals surface area contributed by atoms with E-state index in [1.165, 1.54) is 0 Å². The number of pyridine rings is 1. The van der Waals surface area contributed by atoms with Gasteiger partial charge in [0.25, 0.3) is 0 Å². The van der Waals surface area contributed by atoms with Crippen LogP contribution in [0.25, 0.3) is 0 Å². The number of piperazine rings is 1. The second-order valence-electron chi connectivity index (χ2n) is 6.86. The molecule has 1 fully saturated rings. The Kier molecular flexibility index (Phi) is 6.65. The Labute approximate surface area is 161 Å². The Morgan fingerprint density at radius 1 is 1.11 bits per heavy atom. The third kappa shape index (κ3) is 5.20. The number of amides is 1. The molecule has 1 aromatic heterocycles. The molecule has 1 aliphatic heterocycles. The van der Waals surface area contributed by atoms with E-state index in [1.807, 2.05) is 54.5 Å². The van der Waals surface area contributed by atoms with Gasteiger partial charge in [0.1, 0.15) is 11.6 Å². The number of carbonyl (C=O) groups excluding carboxylic acids is 1. The van der Waals surface area contributed by atoms with Crippen LogP contribution in [-0.4, -0.2) is 67.6 Å². The number of aromatic nitrogens is 1. The molecule has 1 saturated heterocycles. The Morgan fingerprint density at radius 3 is 2.56 bits per heavy atom. The maximum absolute atomic E-state index is 12.6. The highest BCUT2D eigenvalue weighted by Gasteiger charge is 2.21. The zero-order chi connectivity index (χ0) is 19.1. The zero-order valence-corrected chi connectivity index (χ0v) is 16.2. The maximum atomic E-state index is 12.6. The summed E-state index contributed by atoms with van der Waals surface area (Å²) in [4.78, 5) is 23.3. The minimum atomic E-state index is 0.225. The predicted octanol–water partition coefficient (Wildman–Crippen LogP) is 2.26. The molecule has 0 aliphatic carbocycles. The highest BCUT2D eigenvalue weighted by atomic mass is 16.5. The van der Waals surface area contributed by atoms with Gasteiger partial charge in [0, 0.05) is 57.4 Å². The molecule has 0 N–H and O–H groups in total. The lowest BCUT2D eigenvalue weighted by Gasteiger charge is -2.35. The number of hydrogen-bond acceptors (Lipinski definition) is 5. The third-order valence-electron chi connectivity index (χ3n) is 4.95. The molecule has 0 radical (unpaired) electrons. The number of ether oxygens (including phenoxy) is 1. The second-order valence-corrected chi connectivity index (χ2v) is 6.86. The van der Waals surface area contributed by atoms with E-state index in [4.69, 9.17) is 4.74 Å². The summed E-state index contributed by atoms with van der Waals surface area (Å²) in [5.74, 6) is 2.10. The molecule has 1 amide bonds. The number of hydrogen-bond donors (Lipinski definition) is 0. The fourth-order valence-corrected chi connectivity index (χ4v) is 3.37. The van der Waals surface area contributed by atoms with Crippen molar-refractivity contribution in [2.24, 2.45) is 0 Å². The zero-order valence-electron chi connectivity index (χ0n) is 16.2. The van der Waals surface area contributed by atoms with Crippen LogP contribution in [0.1, 0.15) is 12.0 Å². The van der Waals surface area contributed by atoms with Crippen LogP contribution < -0.4 is 9.64 Å². The molecule has 0 saturated carbocycles. The van der Waals surface area contributed by atoms with Crippen LogP contribution in [0.4, 0.5) is 5.82 Å². The van der Waals surface area contributed by atoms with Gasteiger partial charge in [-0.2, -0.15) is 0 Å². The van der Waals surface area contributed by atoms with Crippen molar-refractivity contribution in [3.63, 3.8) is 0 Å². The standard InChI is InChI=1S/C21H28N4O2/c1-23(17-18-7-3-4-8-19(18)27-2)12-10-21(26)25-15-13-24(14-16-25)20-9-5-6-11-22-20/h3-9,11H,10,12-17H2,1-2H3. The summed E-state index contributed by atoms with van der Waals surface area (Å²) < 4.78 is 5.40. The quantitative estimate of drug-likeness (QED) is 0.750. The molecule has 1 aliphatic rings. The van der Waals surface area contributed by atoms with Crippen molar-refractivity contribution in [1.82, 2.24) is 14.8 Å². The lowest BCUT2D eigenvalue weighted by Crippen LogP contribution is -2.49. The largest absolute Gasteiger partial charge is 0.496 e.